The van der Waals surface area contributed by atoms with Crippen molar-refractivity contribution in [2.24, 2.45) is 5.92 Å². The monoisotopic (exact) mass is 709 g/mol. The lowest BCUT2D eigenvalue weighted by molar-refractivity contribution is -0.223. The normalized spacial score (nSPS) is 22.2. The van der Waals surface area contributed by atoms with Crippen LogP contribution in [0.25, 0.3) is 0 Å². The second-order valence-electron chi connectivity index (χ2n) is 12.8. The van der Waals surface area contributed by atoms with Crippen molar-refractivity contribution in [2.45, 2.75) is 50.3 Å². The highest BCUT2D eigenvalue weighted by Crippen LogP contribution is 2.41. The van der Waals surface area contributed by atoms with Crippen LogP contribution in [0.3, 0.4) is 0 Å². The van der Waals surface area contributed by atoms with E-state index in [0.717, 1.165) is 27.1 Å². The maximum absolute atomic E-state index is 15.9. The fraction of sp³-hybridized carbons (Fsp3) is 0.400. The standard InChI is InChI=1S/C35H38ClF2N7O5/c1-22-40-11-8-25(42-22)17-43-12-9-28(29(18-43)23-6-4-3-5-7-23)32(46)44-13-10-34(48,35(37,38)20-44)19-45-21-41-31(30(39)33(45)47)50-27-15-24(36)14-26(16-27)49-2/h3-8,11,14-16,21,28-29,48H,9-10,12-13,17-20,39H2,1-2H3/t28-,29+,34+/m1/s1. The summed E-state index contributed by atoms with van der Waals surface area (Å²) in [6.45, 7) is 1.61. The molecule has 4 heterocycles. The smallest absolute Gasteiger partial charge is 0.295 e. The number of aliphatic hydroxyl groups is 1. The van der Waals surface area contributed by atoms with E-state index in [1.54, 1.807) is 12.3 Å². The predicted molar refractivity (Wildman–Crippen MR) is 181 cm³/mol. The molecule has 3 atom stereocenters. The maximum Gasteiger partial charge on any atom is 0.295 e. The largest absolute Gasteiger partial charge is 0.497 e. The molecule has 2 aromatic heterocycles. The Kier molecular flexibility index (Phi) is 10.1. The summed E-state index contributed by atoms with van der Waals surface area (Å²) in [6.07, 6.45) is 2.70. The van der Waals surface area contributed by atoms with Crippen molar-refractivity contribution in [1.29, 1.82) is 0 Å². The Labute approximate surface area is 292 Å². The van der Waals surface area contributed by atoms with Gasteiger partial charge in [-0.2, -0.15) is 0 Å². The summed E-state index contributed by atoms with van der Waals surface area (Å²) in [5.41, 5.74) is 3.84. The van der Waals surface area contributed by atoms with Gasteiger partial charge < -0.3 is 25.2 Å². The lowest BCUT2D eigenvalue weighted by atomic mass is 9.78. The van der Waals surface area contributed by atoms with Crippen LogP contribution in [0.1, 0.15) is 35.8 Å². The van der Waals surface area contributed by atoms with Gasteiger partial charge in [0.1, 0.15) is 29.3 Å². The van der Waals surface area contributed by atoms with E-state index in [4.69, 9.17) is 26.8 Å². The fourth-order valence-corrected chi connectivity index (χ4v) is 6.91. The summed E-state index contributed by atoms with van der Waals surface area (Å²) in [6, 6.07) is 16.0. The molecule has 0 aliphatic carbocycles. The topological polar surface area (TPSA) is 149 Å². The Morgan fingerprint density at radius 3 is 2.60 bits per heavy atom. The minimum absolute atomic E-state index is 0.123. The summed E-state index contributed by atoms with van der Waals surface area (Å²) >= 11 is 6.08. The molecule has 4 aromatic rings. The molecule has 2 aromatic carbocycles. The molecule has 3 N–H and O–H groups in total. The SMILES string of the molecule is COc1cc(Cl)cc(Oc2ncn(C[C@@]3(O)CCN(C(=O)[C@@H]4CCN(Cc5ccnc(C)n5)C[C@H]4c4ccccc4)CC3(F)F)c(=O)c2N)c1. The van der Waals surface area contributed by atoms with E-state index in [2.05, 4.69) is 19.9 Å². The van der Waals surface area contributed by atoms with Crippen LogP contribution >= 0.6 is 11.6 Å². The lowest BCUT2D eigenvalue weighted by Gasteiger charge is -2.46. The number of halogens is 3. The van der Waals surface area contributed by atoms with E-state index in [1.807, 2.05) is 43.3 Å². The van der Waals surface area contributed by atoms with Crippen LogP contribution in [-0.2, 0) is 17.9 Å². The number of piperidine rings is 2. The second kappa shape index (κ2) is 14.3. The highest BCUT2D eigenvalue weighted by Gasteiger charge is 2.57. The molecule has 1 amide bonds. The van der Waals surface area contributed by atoms with Gasteiger partial charge in [-0.1, -0.05) is 41.9 Å². The molecule has 0 bridgehead atoms. The fourth-order valence-electron chi connectivity index (χ4n) is 6.70. The molecule has 264 valence electrons. The second-order valence-corrected chi connectivity index (χ2v) is 13.3. The first-order valence-electron chi connectivity index (χ1n) is 16.2. The molecular weight excluding hydrogens is 672 g/mol. The number of nitrogen functional groups attached to an aromatic ring is 1. The van der Waals surface area contributed by atoms with Crippen LogP contribution in [0.15, 0.2) is 71.9 Å². The number of nitrogens with zero attached hydrogens (tertiary/aromatic N) is 6. The molecule has 6 rings (SSSR count). The number of carbonyl (C=O) groups excluding carboxylic acids is 1. The summed E-state index contributed by atoms with van der Waals surface area (Å²) < 4.78 is 43.4. The van der Waals surface area contributed by atoms with E-state index < -0.39 is 48.2 Å². The van der Waals surface area contributed by atoms with Crippen LogP contribution in [0, 0.1) is 12.8 Å². The molecular formula is C35H38ClF2N7O5. The molecule has 50 heavy (non-hydrogen) atoms. The third-order valence-electron chi connectivity index (χ3n) is 9.40. The number of benzene rings is 2. The van der Waals surface area contributed by atoms with E-state index >= 15 is 8.78 Å². The molecule has 15 heteroatoms. The van der Waals surface area contributed by atoms with Crippen LogP contribution in [0.4, 0.5) is 14.5 Å². The number of hydrogen-bond donors (Lipinski definition) is 2. The van der Waals surface area contributed by atoms with Crippen LogP contribution in [-0.4, -0.2) is 85.1 Å². The van der Waals surface area contributed by atoms with Crippen molar-refractivity contribution in [3.8, 4) is 17.4 Å². The van der Waals surface area contributed by atoms with Gasteiger partial charge in [0.05, 0.1) is 25.9 Å². The lowest BCUT2D eigenvalue weighted by Crippen LogP contribution is -2.64. The Morgan fingerprint density at radius 2 is 1.88 bits per heavy atom. The molecule has 12 nitrogen and oxygen atoms in total. The third-order valence-corrected chi connectivity index (χ3v) is 9.62. The number of ether oxygens (including phenoxy) is 2. The van der Waals surface area contributed by atoms with Gasteiger partial charge in [-0.25, -0.2) is 23.7 Å². The average molecular weight is 710 g/mol. The molecule has 0 radical (unpaired) electrons. The predicted octanol–water partition coefficient (Wildman–Crippen LogP) is 4.28. The van der Waals surface area contributed by atoms with Crippen molar-refractivity contribution in [1.82, 2.24) is 29.3 Å². The molecule has 2 aliphatic heterocycles. The van der Waals surface area contributed by atoms with Crippen LogP contribution < -0.4 is 20.8 Å². The van der Waals surface area contributed by atoms with Gasteiger partial charge in [0.25, 0.3) is 11.5 Å². The van der Waals surface area contributed by atoms with Gasteiger partial charge >= 0.3 is 0 Å². The van der Waals surface area contributed by atoms with Crippen molar-refractivity contribution in [2.75, 3.05) is 39.0 Å². The number of aromatic nitrogens is 4. The Bertz CT molecular complexity index is 1920. The van der Waals surface area contributed by atoms with E-state index in [-0.39, 0.29) is 30.0 Å². The van der Waals surface area contributed by atoms with Crippen LogP contribution in [0.5, 0.6) is 17.4 Å². The number of aryl methyl sites for hydroxylation is 1. The van der Waals surface area contributed by atoms with Crippen molar-refractivity contribution < 1.29 is 28.2 Å². The Balaban J connectivity index is 1.16. The first-order valence-corrected chi connectivity index (χ1v) is 16.6. The highest BCUT2D eigenvalue weighted by atomic mass is 35.5. The van der Waals surface area contributed by atoms with Crippen molar-refractivity contribution in [3.05, 3.63) is 99.6 Å². The molecule has 2 saturated heterocycles. The molecule has 0 unspecified atom stereocenters. The summed E-state index contributed by atoms with van der Waals surface area (Å²) in [7, 11) is 1.44. The maximum atomic E-state index is 15.9. The molecule has 2 fully saturated rings. The van der Waals surface area contributed by atoms with Gasteiger partial charge in [-0.05, 0) is 43.7 Å². The quantitative estimate of drug-likeness (QED) is 0.258. The summed E-state index contributed by atoms with van der Waals surface area (Å²) in [5, 5.41) is 11.6. The van der Waals surface area contributed by atoms with Gasteiger partial charge in [0.2, 0.25) is 11.8 Å². The average Bonchev–Trinajstić information content (AvgIpc) is 3.09. The van der Waals surface area contributed by atoms with E-state index in [9.17, 15) is 14.7 Å². The van der Waals surface area contributed by atoms with E-state index in [1.165, 1.54) is 19.2 Å². The van der Waals surface area contributed by atoms with Gasteiger partial charge in [0, 0.05) is 55.2 Å². The van der Waals surface area contributed by atoms with E-state index in [0.29, 0.717) is 42.7 Å². The van der Waals surface area contributed by atoms with Gasteiger partial charge in [-0.3, -0.25) is 19.1 Å². The zero-order valence-electron chi connectivity index (χ0n) is 27.6. The van der Waals surface area contributed by atoms with Crippen molar-refractivity contribution >= 4 is 23.2 Å². The molecule has 2 aliphatic rings. The number of amides is 1. The number of alkyl halides is 2. The minimum atomic E-state index is -3.75. The zero-order chi connectivity index (χ0) is 35.6. The molecule has 0 saturated carbocycles. The number of carbonyl (C=O) groups is 1. The Morgan fingerprint density at radius 1 is 1.12 bits per heavy atom. The van der Waals surface area contributed by atoms with Gasteiger partial charge in [-0.15, -0.1) is 0 Å². The number of rotatable bonds is 9. The number of nitrogens with two attached hydrogens (primary N) is 1. The minimum Gasteiger partial charge on any atom is -0.497 e. The summed E-state index contributed by atoms with van der Waals surface area (Å²) in [5.74, 6) is -3.93. The Hall–Kier alpha value is -4.66. The zero-order valence-corrected chi connectivity index (χ0v) is 28.4. The first-order chi connectivity index (χ1) is 23.9. The van der Waals surface area contributed by atoms with Gasteiger partial charge in [0.15, 0.2) is 5.69 Å². The van der Waals surface area contributed by atoms with Crippen molar-refractivity contribution in [3.63, 3.8) is 0 Å². The first kappa shape index (κ1) is 35.2. The van der Waals surface area contributed by atoms with Crippen LogP contribution in [0.2, 0.25) is 5.02 Å². The summed E-state index contributed by atoms with van der Waals surface area (Å²) in [4.78, 5) is 43.2. The number of methoxy groups -OCH3 is 1. The number of likely N-dealkylation sites (tertiary alicyclic amines) is 2. The number of anilines is 1. The number of hydrogen-bond acceptors (Lipinski definition) is 10. The molecule has 0 spiro atoms. The third kappa shape index (κ3) is 7.42. The highest BCUT2D eigenvalue weighted by molar-refractivity contribution is 6.30.